The zero-order valence-electron chi connectivity index (χ0n) is 18.9. The number of anilines is 1. The largest absolute Gasteiger partial charge is 0.463 e. The van der Waals surface area contributed by atoms with Gasteiger partial charge in [-0.3, -0.25) is 4.79 Å². The Morgan fingerprint density at radius 2 is 2.06 bits per heavy atom. The van der Waals surface area contributed by atoms with E-state index in [0.29, 0.717) is 44.6 Å². The Balaban J connectivity index is 1.37. The number of carbonyl (C=O) groups excluding carboxylic acids is 1. The lowest BCUT2D eigenvalue weighted by molar-refractivity contribution is 0.102. The van der Waals surface area contributed by atoms with Gasteiger partial charge in [0.2, 0.25) is 0 Å². The number of aromatic nitrogens is 5. The lowest BCUT2D eigenvalue weighted by Crippen LogP contribution is -2.13. The van der Waals surface area contributed by atoms with Gasteiger partial charge in [0, 0.05) is 24.2 Å². The van der Waals surface area contributed by atoms with Crippen molar-refractivity contribution in [3.05, 3.63) is 64.8 Å². The molecule has 4 aromatic heterocycles. The molecule has 1 aliphatic rings. The summed E-state index contributed by atoms with van der Waals surface area (Å²) in [6.07, 6.45) is 5.78. The monoisotopic (exact) mass is 488 g/mol. The molecule has 0 unspecified atom stereocenters. The number of rotatable bonds is 4. The molecule has 0 fully saturated rings. The molecule has 9 nitrogen and oxygen atoms in total. The van der Waals surface area contributed by atoms with E-state index in [1.54, 1.807) is 43.5 Å². The van der Waals surface area contributed by atoms with Crippen molar-refractivity contribution in [2.75, 3.05) is 5.32 Å². The second kappa shape index (κ2) is 8.66. The van der Waals surface area contributed by atoms with E-state index in [1.165, 1.54) is 0 Å². The average molecular weight is 489 g/mol. The van der Waals surface area contributed by atoms with Crippen molar-refractivity contribution in [3.8, 4) is 22.8 Å². The van der Waals surface area contributed by atoms with Crippen molar-refractivity contribution in [2.24, 2.45) is 0 Å². The van der Waals surface area contributed by atoms with E-state index >= 15 is 0 Å². The van der Waals surface area contributed by atoms with Gasteiger partial charge in [0.1, 0.15) is 11.5 Å². The van der Waals surface area contributed by atoms with Gasteiger partial charge in [-0.1, -0.05) is 23.2 Å². The number of hydrogen-bond acceptors (Lipinski definition) is 7. The lowest BCUT2D eigenvalue weighted by atomic mass is 10.1. The lowest BCUT2D eigenvalue weighted by Gasteiger charge is -2.12. The fourth-order valence-corrected chi connectivity index (χ4v) is 4.68. The third kappa shape index (κ3) is 3.87. The van der Waals surface area contributed by atoms with Gasteiger partial charge in [0.15, 0.2) is 11.6 Å². The summed E-state index contributed by atoms with van der Waals surface area (Å²) in [6, 6.07) is 10.5. The summed E-state index contributed by atoms with van der Waals surface area (Å²) in [5.41, 5.74) is 3.01. The minimum Gasteiger partial charge on any atom is -0.463 e. The number of furan rings is 1. The van der Waals surface area contributed by atoms with Gasteiger partial charge in [-0.2, -0.15) is 0 Å². The minimum atomic E-state index is -0.329. The summed E-state index contributed by atoms with van der Waals surface area (Å²) < 4.78 is 13.0. The van der Waals surface area contributed by atoms with Gasteiger partial charge in [-0.15, -0.1) is 10.2 Å². The molecule has 0 radical (unpaired) electrons. The molecule has 6 rings (SSSR count). The van der Waals surface area contributed by atoms with Crippen LogP contribution in [0.25, 0.3) is 33.9 Å². The van der Waals surface area contributed by atoms with Gasteiger partial charge in [0.25, 0.3) is 11.6 Å². The van der Waals surface area contributed by atoms with Crippen molar-refractivity contribution in [1.29, 1.82) is 0 Å². The Morgan fingerprint density at radius 1 is 1.14 bits per heavy atom. The van der Waals surface area contributed by atoms with Crippen LogP contribution < -0.4 is 5.32 Å². The van der Waals surface area contributed by atoms with Crippen LogP contribution in [0.1, 0.15) is 41.1 Å². The predicted molar refractivity (Wildman–Crippen MR) is 130 cm³/mol. The Labute approximate surface area is 205 Å². The number of amides is 1. The first-order valence-corrected chi connectivity index (χ1v) is 11.8. The van der Waals surface area contributed by atoms with Crippen LogP contribution in [0.3, 0.4) is 0 Å². The smallest absolute Gasteiger partial charge is 0.259 e. The van der Waals surface area contributed by atoms with Crippen LogP contribution in [0, 0.1) is 6.92 Å². The number of carbonyl (C=O) groups is 1. The van der Waals surface area contributed by atoms with E-state index in [2.05, 4.69) is 30.2 Å². The third-order valence-corrected chi connectivity index (χ3v) is 6.54. The molecule has 1 amide bonds. The molecule has 5 heterocycles. The van der Waals surface area contributed by atoms with Crippen molar-refractivity contribution >= 4 is 34.3 Å². The van der Waals surface area contributed by atoms with Crippen molar-refractivity contribution < 1.29 is 13.7 Å². The number of fused-ring (bicyclic) bond motifs is 2. The summed E-state index contributed by atoms with van der Waals surface area (Å²) in [5, 5.41) is 16.9. The summed E-state index contributed by atoms with van der Waals surface area (Å²) >= 11 is 6.55. The first-order chi connectivity index (χ1) is 17.1. The Kier molecular flexibility index (Phi) is 5.33. The third-order valence-electron chi connectivity index (χ3n) is 6.21. The van der Waals surface area contributed by atoms with Crippen LogP contribution in [0.15, 0.2) is 51.6 Å². The maximum absolute atomic E-state index is 13.5. The van der Waals surface area contributed by atoms with Crippen molar-refractivity contribution in [3.63, 3.8) is 0 Å². The highest BCUT2D eigenvalue weighted by molar-refractivity contribution is 6.33. The SMILES string of the molecule is Cc1noc2nc(-c3ccco3)cc(C(=O)Nc3ccc(Cl)c(-c4nnc5n4CCCCC5)c3)c12. The number of nitrogens with zero attached hydrogens (tertiary/aromatic N) is 5. The standard InChI is InChI=1S/C25H21ClN6O3/c1-14-22-17(13-19(20-6-5-11-34-20)28-25(22)35-31-14)24(33)27-15-8-9-18(26)16(12-15)23-30-29-21-7-3-2-4-10-32(21)23/h5-6,8-9,11-13H,2-4,7,10H2,1H3,(H,27,33). The van der Waals surface area contributed by atoms with E-state index in [1.807, 2.05) is 6.07 Å². The maximum atomic E-state index is 13.5. The van der Waals surface area contributed by atoms with E-state index in [-0.39, 0.29) is 11.6 Å². The summed E-state index contributed by atoms with van der Waals surface area (Å²) in [4.78, 5) is 17.9. The van der Waals surface area contributed by atoms with Crippen LogP contribution >= 0.6 is 11.6 Å². The fourth-order valence-electron chi connectivity index (χ4n) is 4.48. The van der Waals surface area contributed by atoms with Crippen LogP contribution in [0.5, 0.6) is 0 Å². The van der Waals surface area contributed by atoms with Crippen LogP contribution in [0.2, 0.25) is 5.02 Å². The van der Waals surface area contributed by atoms with Gasteiger partial charge in [0.05, 0.1) is 27.9 Å². The highest BCUT2D eigenvalue weighted by Gasteiger charge is 2.22. The van der Waals surface area contributed by atoms with Gasteiger partial charge < -0.3 is 18.8 Å². The predicted octanol–water partition coefficient (Wildman–Crippen LogP) is 5.68. The number of benzene rings is 1. The van der Waals surface area contributed by atoms with Crippen LogP contribution in [0.4, 0.5) is 5.69 Å². The Bertz CT molecular complexity index is 1550. The maximum Gasteiger partial charge on any atom is 0.259 e. The molecule has 10 heteroatoms. The molecule has 5 aromatic rings. The molecule has 1 N–H and O–H groups in total. The topological polar surface area (TPSA) is 112 Å². The molecule has 1 aromatic carbocycles. The number of halogens is 1. The molecule has 0 aliphatic carbocycles. The summed E-state index contributed by atoms with van der Waals surface area (Å²) in [6.45, 7) is 2.62. The molecule has 0 saturated carbocycles. The van der Waals surface area contributed by atoms with Crippen molar-refractivity contribution in [2.45, 2.75) is 39.2 Å². The molecule has 0 spiro atoms. The molecule has 0 saturated heterocycles. The van der Waals surface area contributed by atoms with E-state index in [0.717, 1.165) is 43.6 Å². The van der Waals surface area contributed by atoms with Crippen LogP contribution in [-0.4, -0.2) is 30.8 Å². The highest BCUT2D eigenvalue weighted by Crippen LogP contribution is 2.32. The fraction of sp³-hybridized carbons (Fsp3) is 0.240. The Hall–Kier alpha value is -3.98. The van der Waals surface area contributed by atoms with Gasteiger partial charge in [-0.05, 0) is 56.2 Å². The zero-order chi connectivity index (χ0) is 23.9. The number of pyridine rings is 1. The highest BCUT2D eigenvalue weighted by atomic mass is 35.5. The molecule has 0 atom stereocenters. The number of hydrogen-bond donors (Lipinski definition) is 1. The molecule has 1 aliphatic heterocycles. The van der Waals surface area contributed by atoms with Gasteiger partial charge >= 0.3 is 0 Å². The number of aryl methyl sites for hydroxylation is 2. The van der Waals surface area contributed by atoms with Crippen molar-refractivity contribution in [1.82, 2.24) is 24.9 Å². The van der Waals surface area contributed by atoms with Gasteiger partial charge in [-0.25, -0.2) is 4.98 Å². The van der Waals surface area contributed by atoms with E-state index < -0.39 is 0 Å². The second-order valence-electron chi connectivity index (χ2n) is 8.53. The normalized spacial score (nSPS) is 13.5. The quantitative estimate of drug-likeness (QED) is 0.346. The second-order valence-corrected chi connectivity index (χ2v) is 8.94. The first kappa shape index (κ1) is 21.5. The minimum absolute atomic E-state index is 0.268. The number of nitrogens with one attached hydrogen (secondary N) is 1. The van der Waals surface area contributed by atoms with E-state index in [4.69, 9.17) is 20.5 Å². The molecule has 176 valence electrons. The van der Waals surface area contributed by atoms with Crippen LogP contribution in [-0.2, 0) is 13.0 Å². The molecule has 35 heavy (non-hydrogen) atoms. The summed E-state index contributed by atoms with van der Waals surface area (Å²) in [5.74, 6) is 1.88. The van der Waals surface area contributed by atoms with E-state index in [9.17, 15) is 4.79 Å². The molecular formula is C25H21ClN6O3. The zero-order valence-corrected chi connectivity index (χ0v) is 19.7. The average Bonchev–Trinajstić information content (AvgIpc) is 3.58. The summed E-state index contributed by atoms with van der Waals surface area (Å²) in [7, 11) is 0. The Morgan fingerprint density at radius 3 is 2.91 bits per heavy atom. The molecule has 0 bridgehead atoms. The first-order valence-electron chi connectivity index (χ1n) is 11.4. The molecular weight excluding hydrogens is 468 g/mol.